The number of carbonyl (C=O) groups excluding carboxylic acids is 2. The summed E-state index contributed by atoms with van der Waals surface area (Å²) in [5, 5.41) is 15.8. The van der Waals surface area contributed by atoms with Gasteiger partial charge in [0.2, 0.25) is 11.8 Å². The Labute approximate surface area is 205 Å². The summed E-state index contributed by atoms with van der Waals surface area (Å²) in [6, 6.07) is 17.9. The molecule has 0 aromatic heterocycles. The molecule has 1 unspecified atom stereocenters. The predicted molar refractivity (Wildman–Crippen MR) is 135 cm³/mol. The summed E-state index contributed by atoms with van der Waals surface area (Å²) in [7, 11) is 1.41. The van der Waals surface area contributed by atoms with Gasteiger partial charge >= 0.3 is 0 Å². The number of rotatable bonds is 7. The van der Waals surface area contributed by atoms with Crippen molar-refractivity contribution < 1.29 is 19.2 Å². The van der Waals surface area contributed by atoms with Crippen LogP contribution in [0.5, 0.6) is 5.75 Å². The molecule has 1 aliphatic heterocycles. The number of methoxy groups -OCH3 is 1. The highest BCUT2D eigenvalue weighted by atomic mass is 32.2. The minimum Gasteiger partial charge on any atom is -0.495 e. The van der Waals surface area contributed by atoms with E-state index in [0.29, 0.717) is 10.9 Å². The fourth-order valence-electron chi connectivity index (χ4n) is 4.05. The van der Waals surface area contributed by atoms with Gasteiger partial charge in [0.15, 0.2) is 5.17 Å². The number of anilines is 1. The van der Waals surface area contributed by atoms with Crippen molar-refractivity contribution in [3.05, 3.63) is 70.8 Å². The van der Waals surface area contributed by atoms with Crippen LogP contribution in [0.3, 0.4) is 0 Å². The van der Waals surface area contributed by atoms with Gasteiger partial charge in [-0.15, -0.1) is 0 Å². The minimum atomic E-state index is -0.631. The highest BCUT2D eigenvalue weighted by molar-refractivity contribution is 8.15. The summed E-state index contributed by atoms with van der Waals surface area (Å²) in [6.07, 6.45) is 1.72. The molecule has 0 bridgehead atoms. The van der Waals surface area contributed by atoms with Gasteiger partial charge in [-0.3, -0.25) is 24.6 Å². The normalized spacial score (nSPS) is 18.8. The van der Waals surface area contributed by atoms with Gasteiger partial charge in [0.05, 0.1) is 23.4 Å². The van der Waals surface area contributed by atoms with Gasteiger partial charge in [-0.05, 0) is 30.4 Å². The van der Waals surface area contributed by atoms with Crippen molar-refractivity contribution >= 4 is 56.6 Å². The Kier molecular flexibility index (Phi) is 6.12. The quantitative estimate of drug-likeness (QED) is 0.373. The highest BCUT2D eigenvalue weighted by Gasteiger charge is 2.46. The van der Waals surface area contributed by atoms with Crippen molar-refractivity contribution in [3.63, 3.8) is 0 Å². The Morgan fingerprint density at radius 3 is 2.71 bits per heavy atom. The molecule has 2 aliphatic rings. The largest absolute Gasteiger partial charge is 0.495 e. The van der Waals surface area contributed by atoms with Crippen LogP contribution in [0.15, 0.2) is 65.7 Å². The summed E-state index contributed by atoms with van der Waals surface area (Å²) >= 11 is 1.28. The lowest BCUT2D eigenvalue weighted by molar-refractivity contribution is -0.384. The number of nitrogens with zero attached hydrogens (tertiary/aromatic N) is 3. The van der Waals surface area contributed by atoms with E-state index < -0.39 is 16.1 Å². The van der Waals surface area contributed by atoms with Crippen LogP contribution in [0.25, 0.3) is 10.8 Å². The number of nitro benzene ring substituents is 1. The third-order valence-electron chi connectivity index (χ3n) is 5.90. The van der Waals surface area contributed by atoms with Crippen LogP contribution in [0.2, 0.25) is 0 Å². The number of thioether (sulfide) groups is 1. The Morgan fingerprint density at radius 1 is 1.20 bits per heavy atom. The second-order valence-corrected chi connectivity index (χ2v) is 9.50. The fourth-order valence-corrected chi connectivity index (χ4v) is 5.25. The third kappa shape index (κ3) is 4.69. The Balaban J connectivity index is 1.37. The van der Waals surface area contributed by atoms with Crippen molar-refractivity contribution in [2.75, 3.05) is 12.4 Å². The molecular formula is C25H22N4O5S. The van der Waals surface area contributed by atoms with E-state index in [1.807, 2.05) is 42.5 Å². The lowest BCUT2D eigenvalue weighted by atomic mass is 10.1. The second kappa shape index (κ2) is 9.38. The van der Waals surface area contributed by atoms with Gasteiger partial charge in [-0.2, -0.15) is 0 Å². The standard InChI is InChI=1S/C25H22N4O5S/c1-34-21-12-11-17(29(32)33)13-20(21)26-23(30)14-22-24(31)28(16-9-10-16)25(35-22)27-19-8-4-6-15-5-2-3-7-18(15)19/h2-8,11-13,16,22H,9-10,14H2,1H3,(H,26,30). The first kappa shape index (κ1) is 22.9. The lowest BCUT2D eigenvalue weighted by Gasteiger charge is -2.15. The van der Waals surface area contributed by atoms with Gasteiger partial charge in [0, 0.05) is 30.0 Å². The van der Waals surface area contributed by atoms with E-state index in [-0.39, 0.29) is 29.7 Å². The number of amides is 2. The molecule has 1 saturated carbocycles. The zero-order chi connectivity index (χ0) is 24.5. The average Bonchev–Trinajstić information content (AvgIpc) is 3.64. The lowest BCUT2D eigenvalue weighted by Crippen LogP contribution is -2.35. The molecule has 178 valence electrons. The number of aliphatic imine (C=N–C) groups is 1. The molecule has 3 aromatic rings. The average molecular weight is 491 g/mol. The van der Waals surface area contributed by atoms with Crippen LogP contribution in [-0.4, -0.2) is 45.2 Å². The van der Waals surface area contributed by atoms with Crippen LogP contribution >= 0.6 is 11.8 Å². The van der Waals surface area contributed by atoms with E-state index in [1.165, 1.54) is 37.1 Å². The Morgan fingerprint density at radius 2 is 1.97 bits per heavy atom. The summed E-state index contributed by atoms with van der Waals surface area (Å²) < 4.78 is 5.21. The SMILES string of the molecule is COc1ccc([N+](=O)[O-])cc1NC(=O)CC1SC(=Nc2cccc3ccccc23)N(C2CC2)C1=O. The van der Waals surface area contributed by atoms with E-state index >= 15 is 0 Å². The van der Waals surface area contributed by atoms with Crippen LogP contribution in [0.4, 0.5) is 17.1 Å². The van der Waals surface area contributed by atoms with E-state index in [1.54, 1.807) is 4.90 Å². The molecule has 5 rings (SSSR count). The summed E-state index contributed by atoms with van der Waals surface area (Å²) in [5.41, 5.74) is 0.790. The molecule has 1 saturated heterocycles. The van der Waals surface area contributed by atoms with Gasteiger partial charge < -0.3 is 10.1 Å². The number of hydrogen-bond acceptors (Lipinski definition) is 7. The maximum atomic E-state index is 13.2. The van der Waals surface area contributed by atoms with Gasteiger partial charge in [0.25, 0.3) is 5.69 Å². The number of non-ortho nitro benzene ring substituents is 1. The smallest absolute Gasteiger partial charge is 0.271 e. The number of hydrogen-bond donors (Lipinski definition) is 1. The molecule has 9 nitrogen and oxygen atoms in total. The first-order valence-corrected chi connectivity index (χ1v) is 12.0. The van der Waals surface area contributed by atoms with Crippen molar-refractivity contribution in [1.82, 2.24) is 4.90 Å². The van der Waals surface area contributed by atoms with Crippen molar-refractivity contribution in [1.29, 1.82) is 0 Å². The fraction of sp³-hybridized carbons (Fsp3) is 0.240. The first-order valence-electron chi connectivity index (χ1n) is 11.1. The van der Waals surface area contributed by atoms with Gasteiger partial charge in [-0.1, -0.05) is 48.2 Å². The van der Waals surface area contributed by atoms with Crippen LogP contribution in [-0.2, 0) is 9.59 Å². The van der Waals surface area contributed by atoms with Crippen molar-refractivity contribution in [3.8, 4) is 5.75 Å². The summed E-state index contributed by atoms with van der Waals surface area (Å²) in [4.78, 5) is 43.2. The molecule has 0 spiro atoms. The molecule has 3 aromatic carbocycles. The number of carbonyl (C=O) groups is 2. The maximum absolute atomic E-state index is 13.2. The number of fused-ring (bicyclic) bond motifs is 1. The molecule has 10 heteroatoms. The number of ether oxygens (including phenoxy) is 1. The molecule has 2 amide bonds. The minimum absolute atomic E-state index is 0.0902. The molecule has 1 atom stereocenters. The molecular weight excluding hydrogens is 468 g/mol. The van der Waals surface area contributed by atoms with Crippen LogP contribution in [0.1, 0.15) is 19.3 Å². The van der Waals surface area contributed by atoms with Gasteiger partial charge in [0.1, 0.15) is 11.0 Å². The molecule has 1 N–H and O–H groups in total. The Bertz CT molecular complexity index is 1370. The summed E-state index contributed by atoms with van der Waals surface area (Å²) in [6.45, 7) is 0. The van der Waals surface area contributed by atoms with E-state index in [4.69, 9.17) is 9.73 Å². The van der Waals surface area contributed by atoms with Crippen molar-refractivity contribution in [2.45, 2.75) is 30.6 Å². The maximum Gasteiger partial charge on any atom is 0.271 e. The summed E-state index contributed by atoms with van der Waals surface area (Å²) in [5.74, 6) is -0.276. The van der Waals surface area contributed by atoms with Crippen LogP contribution in [0, 0.1) is 10.1 Å². The van der Waals surface area contributed by atoms with E-state index in [0.717, 1.165) is 29.3 Å². The molecule has 0 radical (unpaired) electrons. The predicted octanol–water partition coefficient (Wildman–Crippen LogP) is 4.88. The number of benzene rings is 3. The number of nitrogens with one attached hydrogen (secondary N) is 1. The first-order chi connectivity index (χ1) is 16.9. The molecule has 1 heterocycles. The van der Waals surface area contributed by atoms with Crippen molar-refractivity contribution in [2.24, 2.45) is 4.99 Å². The molecule has 1 aliphatic carbocycles. The van der Waals surface area contributed by atoms with Gasteiger partial charge in [-0.25, -0.2) is 4.99 Å². The molecule has 35 heavy (non-hydrogen) atoms. The van der Waals surface area contributed by atoms with Crippen LogP contribution < -0.4 is 10.1 Å². The monoisotopic (exact) mass is 490 g/mol. The zero-order valence-corrected chi connectivity index (χ0v) is 19.7. The third-order valence-corrected chi connectivity index (χ3v) is 7.05. The number of amidine groups is 1. The number of nitro groups is 1. The second-order valence-electron chi connectivity index (χ2n) is 8.33. The van der Waals surface area contributed by atoms with E-state index in [2.05, 4.69) is 5.32 Å². The topological polar surface area (TPSA) is 114 Å². The van der Waals surface area contributed by atoms with E-state index in [9.17, 15) is 19.7 Å². The Hall–Kier alpha value is -3.92. The highest BCUT2D eigenvalue weighted by Crippen LogP contribution is 2.40. The zero-order valence-electron chi connectivity index (χ0n) is 18.8. The molecule has 2 fully saturated rings.